The van der Waals surface area contributed by atoms with E-state index in [-0.39, 0.29) is 0 Å². The van der Waals surface area contributed by atoms with Crippen LogP contribution in [0.4, 0.5) is 0 Å². The zero-order valence-corrected chi connectivity index (χ0v) is 13.6. The molecule has 0 spiro atoms. The van der Waals surface area contributed by atoms with Crippen molar-refractivity contribution in [2.24, 2.45) is 0 Å². The third-order valence-electron chi connectivity index (χ3n) is 3.36. The molecule has 0 atom stereocenters. The largest absolute Gasteiger partial charge is 0.439 e. The molecular weight excluding hydrogens is 284 g/mol. The number of aromatic nitrogens is 2. The summed E-state index contributed by atoms with van der Waals surface area (Å²) in [5.41, 5.74) is 2.10. The van der Waals surface area contributed by atoms with Crippen molar-refractivity contribution in [3.63, 3.8) is 0 Å². The Hall–Kier alpha value is -1.61. The van der Waals surface area contributed by atoms with Crippen molar-refractivity contribution in [2.75, 3.05) is 0 Å². The molecule has 1 aromatic heterocycles. The van der Waals surface area contributed by atoms with Crippen molar-refractivity contribution in [1.29, 1.82) is 0 Å². The minimum atomic E-state index is 0.455. The van der Waals surface area contributed by atoms with E-state index in [2.05, 4.69) is 29.0 Å². The lowest BCUT2D eigenvalue weighted by Crippen LogP contribution is -2.00. The van der Waals surface area contributed by atoms with E-state index in [4.69, 9.17) is 16.3 Å². The van der Waals surface area contributed by atoms with Crippen molar-refractivity contribution < 1.29 is 4.74 Å². The second kappa shape index (κ2) is 7.41. The van der Waals surface area contributed by atoms with Crippen LogP contribution in [0.2, 0.25) is 5.15 Å². The fraction of sp³-hybridized carbons (Fsp3) is 0.412. The summed E-state index contributed by atoms with van der Waals surface area (Å²) in [5.74, 6) is 2.00. The van der Waals surface area contributed by atoms with Gasteiger partial charge in [0.2, 0.25) is 5.88 Å². The number of aryl methyl sites for hydroxylation is 2. The molecule has 0 aliphatic heterocycles. The maximum Gasteiger partial charge on any atom is 0.226 e. The smallest absolute Gasteiger partial charge is 0.226 e. The monoisotopic (exact) mass is 304 g/mol. The normalized spacial score (nSPS) is 10.7. The summed E-state index contributed by atoms with van der Waals surface area (Å²) in [6.07, 6.45) is 4.25. The SMILES string of the molecule is CCCCc1ccc(Oc2nc(CC)nc(Cl)c2C)cc1. The first kappa shape index (κ1) is 15.8. The van der Waals surface area contributed by atoms with E-state index in [1.165, 1.54) is 18.4 Å². The zero-order chi connectivity index (χ0) is 15.2. The molecule has 1 aromatic carbocycles. The Labute approximate surface area is 131 Å². The molecule has 0 unspecified atom stereocenters. The first-order valence-corrected chi connectivity index (χ1v) is 7.81. The maximum absolute atomic E-state index is 6.12. The Bertz CT molecular complexity index is 596. The van der Waals surface area contributed by atoms with E-state index in [1.807, 2.05) is 26.0 Å². The molecule has 0 fully saturated rings. The summed E-state index contributed by atoms with van der Waals surface area (Å²) in [6.45, 7) is 6.06. The van der Waals surface area contributed by atoms with E-state index in [9.17, 15) is 0 Å². The van der Waals surface area contributed by atoms with Gasteiger partial charge in [-0.2, -0.15) is 4.98 Å². The topological polar surface area (TPSA) is 35.0 Å². The van der Waals surface area contributed by atoms with E-state index >= 15 is 0 Å². The van der Waals surface area contributed by atoms with Crippen molar-refractivity contribution in [3.05, 3.63) is 46.4 Å². The van der Waals surface area contributed by atoms with Crippen molar-refractivity contribution in [3.8, 4) is 11.6 Å². The number of hydrogen-bond donors (Lipinski definition) is 0. The Morgan fingerprint density at radius 3 is 2.43 bits per heavy atom. The predicted octanol–water partition coefficient (Wildman–Crippen LogP) is 5.14. The van der Waals surface area contributed by atoms with Gasteiger partial charge in [0.25, 0.3) is 0 Å². The summed E-state index contributed by atoms with van der Waals surface area (Å²) in [7, 11) is 0. The van der Waals surface area contributed by atoms with Gasteiger partial charge in [0.1, 0.15) is 16.7 Å². The molecule has 3 nitrogen and oxygen atoms in total. The quantitative estimate of drug-likeness (QED) is 0.693. The molecule has 0 N–H and O–H groups in total. The van der Waals surface area contributed by atoms with Crippen molar-refractivity contribution in [1.82, 2.24) is 9.97 Å². The number of unbranched alkanes of at least 4 members (excludes halogenated alkanes) is 1. The summed E-state index contributed by atoms with van der Waals surface area (Å²) in [6, 6.07) is 8.16. The first-order valence-electron chi connectivity index (χ1n) is 7.43. The molecule has 0 aliphatic carbocycles. The molecule has 2 aromatic rings. The predicted molar refractivity (Wildman–Crippen MR) is 86.3 cm³/mol. The van der Waals surface area contributed by atoms with Gasteiger partial charge in [0, 0.05) is 12.0 Å². The average molecular weight is 305 g/mol. The Balaban J connectivity index is 2.16. The third kappa shape index (κ3) is 4.18. The molecule has 4 heteroatoms. The fourth-order valence-corrected chi connectivity index (χ4v) is 2.16. The second-order valence-electron chi connectivity index (χ2n) is 5.06. The first-order chi connectivity index (χ1) is 10.1. The lowest BCUT2D eigenvalue weighted by atomic mass is 10.1. The average Bonchev–Trinajstić information content (AvgIpc) is 2.50. The molecule has 2 rings (SSSR count). The van der Waals surface area contributed by atoms with Gasteiger partial charge in [0.15, 0.2) is 0 Å². The number of benzene rings is 1. The van der Waals surface area contributed by atoms with Crippen LogP contribution in [0.15, 0.2) is 24.3 Å². The minimum absolute atomic E-state index is 0.455. The molecule has 0 bridgehead atoms. The third-order valence-corrected chi connectivity index (χ3v) is 3.73. The highest BCUT2D eigenvalue weighted by Crippen LogP contribution is 2.27. The second-order valence-corrected chi connectivity index (χ2v) is 5.42. The minimum Gasteiger partial charge on any atom is -0.439 e. The molecule has 0 aliphatic rings. The number of hydrogen-bond acceptors (Lipinski definition) is 3. The van der Waals surface area contributed by atoms with Gasteiger partial charge in [-0.1, -0.05) is 44.0 Å². The molecule has 21 heavy (non-hydrogen) atoms. The number of nitrogens with zero attached hydrogens (tertiary/aromatic N) is 2. The lowest BCUT2D eigenvalue weighted by Gasteiger charge is -2.10. The number of ether oxygens (including phenoxy) is 1. The van der Waals surface area contributed by atoms with Gasteiger partial charge in [-0.15, -0.1) is 0 Å². The summed E-state index contributed by atoms with van der Waals surface area (Å²) >= 11 is 6.12. The van der Waals surface area contributed by atoms with Gasteiger partial charge in [-0.25, -0.2) is 4.98 Å². The van der Waals surface area contributed by atoms with E-state index in [0.29, 0.717) is 16.9 Å². The van der Waals surface area contributed by atoms with Crippen LogP contribution in [-0.4, -0.2) is 9.97 Å². The molecule has 0 amide bonds. The van der Waals surface area contributed by atoms with Crippen LogP contribution in [-0.2, 0) is 12.8 Å². The summed E-state index contributed by atoms with van der Waals surface area (Å²) in [4.78, 5) is 8.62. The van der Waals surface area contributed by atoms with Gasteiger partial charge in [-0.3, -0.25) is 0 Å². The van der Waals surface area contributed by atoms with Crippen LogP contribution in [0.3, 0.4) is 0 Å². The number of halogens is 1. The highest BCUT2D eigenvalue weighted by molar-refractivity contribution is 6.30. The van der Waals surface area contributed by atoms with Crippen molar-refractivity contribution >= 4 is 11.6 Å². The van der Waals surface area contributed by atoms with Gasteiger partial charge >= 0.3 is 0 Å². The molecule has 0 saturated heterocycles. The standard InChI is InChI=1S/C17H21ClN2O/c1-4-6-7-13-8-10-14(11-9-13)21-17-12(3)16(18)19-15(5-2)20-17/h8-11H,4-7H2,1-3H3. The Kier molecular flexibility index (Phi) is 5.57. The van der Waals surface area contributed by atoms with Crippen LogP contribution >= 0.6 is 11.6 Å². The molecule has 0 radical (unpaired) electrons. The van der Waals surface area contributed by atoms with E-state index < -0.39 is 0 Å². The van der Waals surface area contributed by atoms with E-state index in [1.54, 1.807) is 0 Å². The molecule has 0 saturated carbocycles. The van der Waals surface area contributed by atoms with Crippen LogP contribution in [0.1, 0.15) is 43.6 Å². The summed E-state index contributed by atoms with van der Waals surface area (Å²) in [5, 5.41) is 0.455. The summed E-state index contributed by atoms with van der Waals surface area (Å²) < 4.78 is 5.86. The highest BCUT2D eigenvalue weighted by Gasteiger charge is 2.10. The fourth-order valence-electron chi connectivity index (χ4n) is 1.99. The Morgan fingerprint density at radius 1 is 1.10 bits per heavy atom. The zero-order valence-electron chi connectivity index (χ0n) is 12.8. The van der Waals surface area contributed by atoms with Crippen LogP contribution in [0, 0.1) is 6.92 Å². The highest BCUT2D eigenvalue weighted by atomic mass is 35.5. The molecule has 1 heterocycles. The van der Waals surface area contributed by atoms with Crippen LogP contribution in [0.5, 0.6) is 11.6 Å². The Morgan fingerprint density at radius 2 is 1.81 bits per heavy atom. The van der Waals surface area contributed by atoms with Gasteiger partial charge in [-0.05, 0) is 37.5 Å². The lowest BCUT2D eigenvalue weighted by molar-refractivity contribution is 0.454. The maximum atomic E-state index is 6.12. The van der Waals surface area contributed by atoms with Crippen LogP contribution in [0.25, 0.3) is 0 Å². The molecule has 112 valence electrons. The van der Waals surface area contributed by atoms with Gasteiger partial charge in [0.05, 0.1) is 0 Å². The van der Waals surface area contributed by atoms with Crippen molar-refractivity contribution in [2.45, 2.75) is 46.5 Å². The van der Waals surface area contributed by atoms with E-state index in [0.717, 1.165) is 24.2 Å². The molecular formula is C17H21ClN2O. The van der Waals surface area contributed by atoms with Crippen LogP contribution < -0.4 is 4.74 Å². The van der Waals surface area contributed by atoms with Gasteiger partial charge < -0.3 is 4.74 Å². The number of rotatable bonds is 6.